The van der Waals surface area contributed by atoms with E-state index in [1.807, 2.05) is 30.3 Å². The SMILES string of the molecule is O=C(NC1C2CC3C(OC(=O)C31)C2I)OCc1ccccc1. The zero-order chi connectivity index (χ0) is 15.3. The molecule has 6 unspecified atom stereocenters. The zero-order valence-electron chi connectivity index (χ0n) is 11.8. The van der Waals surface area contributed by atoms with Gasteiger partial charge in [-0.1, -0.05) is 52.9 Å². The summed E-state index contributed by atoms with van der Waals surface area (Å²) in [6.07, 6.45) is 0.543. The molecule has 2 bridgehead atoms. The molecule has 3 fully saturated rings. The van der Waals surface area contributed by atoms with Crippen molar-refractivity contribution in [3.05, 3.63) is 35.9 Å². The minimum atomic E-state index is -0.457. The predicted molar refractivity (Wildman–Crippen MR) is 86.3 cm³/mol. The summed E-state index contributed by atoms with van der Waals surface area (Å²) >= 11 is 2.35. The molecule has 1 aliphatic heterocycles. The standard InChI is InChI=1S/C16H16INO4/c17-12-10-6-9-11(15(19)22-14(9)12)13(10)18-16(20)21-7-8-4-2-1-3-5-8/h1-5,9-14H,6-7H2,(H,18,20). The van der Waals surface area contributed by atoms with Crippen molar-refractivity contribution in [2.45, 2.75) is 29.1 Å². The highest BCUT2D eigenvalue weighted by atomic mass is 127. The molecule has 4 rings (SSSR count). The first kappa shape index (κ1) is 14.3. The summed E-state index contributed by atoms with van der Waals surface area (Å²) in [5.74, 6) is 0.213. The Labute approximate surface area is 141 Å². The van der Waals surface area contributed by atoms with Crippen molar-refractivity contribution in [1.29, 1.82) is 0 Å². The second-order valence-corrected chi connectivity index (χ2v) is 7.61. The molecule has 1 aromatic rings. The van der Waals surface area contributed by atoms with Gasteiger partial charge in [-0.25, -0.2) is 4.79 Å². The number of alkyl carbamates (subject to hydrolysis) is 1. The summed E-state index contributed by atoms with van der Waals surface area (Å²) in [4.78, 5) is 24.0. The first-order valence-electron chi connectivity index (χ1n) is 7.47. The van der Waals surface area contributed by atoms with Crippen LogP contribution in [-0.2, 0) is 20.9 Å². The molecule has 1 N–H and O–H groups in total. The Bertz CT molecular complexity index is 607. The number of halogens is 1. The van der Waals surface area contributed by atoms with Gasteiger partial charge >= 0.3 is 12.1 Å². The zero-order valence-corrected chi connectivity index (χ0v) is 13.9. The highest BCUT2D eigenvalue weighted by Crippen LogP contribution is 2.56. The van der Waals surface area contributed by atoms with Crippen LogP contribution in [0.5, 0.6) is 0 Å². The summed E-state index contributed by atoms with van der Waals surface area (Å²) in [6, 6.07) is 9.39. The first-order valence-corrected chi connectivity index (χ1v) is 8.71. The Hall–Kier alpha value is -1.31. The normalized spacial score (nSPS) is 38.0. The molecule has 6 atom stereocenters. The van der Waals surface area contributed by atoms with Gasteiger partial charge < -0.3 is 14.8 Å². The lowest BCUT2D eigenvalue weighted by Crippen LogP contribution is -2.48. The van der Waals surface area contributed by atoms with E-state index in [-0.39, 0.29) is 40.5 Å². The molecular weight excluding hydrogens is 397 g/mol. The lowest BCUT2D eigenvalue weighted by atomic mass is 9.85. The number of benzene rings is 1. The minimum absolute atomic E-state index is 0.0430. The molecule has 0 aromatic heterocycles. The van der Waals surface area contributed by atoms with E-state index in [2.05, 4.69) is 27.9 Å². The third kappa shape index (κ3) is 2.19. The number of amides is 1. The Morgan fingerprint density at radius 3 is 2.86 bits per heavy atom. The number of hydrogen-bond donors (Lipinski definition) is 1. The van der Waals surface area contributed by atoms with E-state index in [0.717, 1.165) is 12.0 Å². The van der Waals surface area contributed by atoms with Gasteiger partial charge in [0.25, 0.3) is 0 Å². The van der Waals surface area contributed by atoms with Crippen LogP contribution in [0.1, 0.15) is 12.0 Å². The van der Waals surface area contributed by atoms with Crippen LogP contribution in [0.2, 0.25) is 0 Å². The second-order valence-electron chi connectivity index (χ2n) is 6.17. The Morgan fingerprint density at radius 2 is 2.09 bits per heavy atom. The molecule has 6 heteroatoms. The van der Waals surface area contributed by atoms with Gasteiger partial charge in [0, 0.05) is 12.0 Å². The van der Waals surface area contributed by atoms with Gasteiger partial charge in [0.1, 0.15) is 12.7 Å². The van der Waals surface area contributed by atoms with Gasteiger partial charge in [0.2, 0.25) is 0 Å². The largest absolute Gasteiger partial charge is 0.461 e. The predicted octanol–water partition coefficient (Wildman–Crippen LogP) is 2.28. The van der Waals surface area contributed by atoms with Gasteiger partial charge in [-0.05, 0) is 17.9 Å². The minimum Gasteiger partial charge on any atom is -0.461 e. The van der Waals surface area contributed by atoms with Crippen LogP contribution in [-0.4, -0.2) is 28.1 Å². The van der Waals surface area contributed by atoms with E-state index >= 15 is 0 Å². The molecule has 0 spiro atoms. The molecular formula is C16H16INO4. The van der Waals surface area contributed by atoms with Crippen LogP contribution in [0.4, 0.5) is 4.79 Å². The summed E-state index contributed by atoms with van der Waals surface area (Å²) in [5.41, 5.74) is 0.942. The Balaban J connectivity index is 1.39. The van der Waals surface area contributed by atoms with Crippen LogP contribution in [0, 0.1) is 17.8 Å². The summed E-state index contributed by atoms with van der Waals surface area (Å²) in [7, 11) is 0. The van der Waals surface area contributed by atoms with Crippen molar-refractivity contribution in [1.82, 2.24) is 5.32 Å². The molecule has 0 radical (unpaired) electrons. The van der Waals surface area contributed by atoms with E-state index in [0.29, 0.717) is 5.92 Å². The molecule has 3 aliphatic rings. The van der Waals surface area contributed by atoms with Crippen LogP contribution in [0.25, 0.3) is 0 Å². The van der Waals surface area contributed by atoms with Crippen molar-refractivity contribution in [2.24, 2.45) is 17.8 Å². The molecule has 22 heavy (non-hydrogen) atoms. The summed E-state index contributed by atoms with van der Waals surface area (Å²) in [5, 5.41) is 2.90. The lowest BCUT2D eigenvalue weighted by molar-refractivity contribution is -0.143. The topological polar surface area (TPSA) is 64.6 Å². The van der Waals surface area contributed by atoms with E-state index < -0.39 is 6.09 Å². The molecule has 1 aromatic carbocycles. The number of esters is 1. The molecule has 5 nitrogen and oxygen atoms in total. The van der Waals surface area contributed by atoms with Gasteiger partial charge in [-0.15, -0.1) is 0 Å². The summed E-state index contributed by atoms with van der Waals surface area (Å²) in [6.45, 7) is 0.235. The van der Waals surface area contributed by atoms with Crippen molar-refractivity contribution in [3.63, 3.8) is 0 Å². The number of rotatable bonds is 3. The van der Waals surface area contributed by atoms with Crippen molar-refractivity contribution >= 4 is 34.7 Å². The van der Waals surface area contributed by atoms with E-state index in [4.69, 9.17) is 9.47 Å². The molecule has 2 saturated carbocycles. The van der Waals surface area contributed by atoms with E-state index in [9.17, 15) is 9.59 Å². The molecule has 1 heterocycles. The molecule has 1 saturated heterocycles. The van der Waals surface area contributed by atoms with Crippen molar-refractivity contribution < 1.29 is 19.1 Å². The number of hydrogen-bond acceptors (Lipinski definition) is 4. The highest BCUT2D eigenvalue weighted by molar-refractivity contribution is 14.1. The van der Waals surface area contributed by atoms with Gasteiger partial charge in [-0.2, -0.15) is 0 Å². The number of nitrogens with one attached hydrogen (secondary N) is 1. The fourth-order valence-corrected chi connectivity index (χ4v) is 5.49. The maximum absolute atomic E-state index is 12.0. The fraction of sp³-hybridized carbons (Fsp3) is 0.500. The second kappa shape index (κ2) is 5.40. The molecule has 1 amide bonds. The Morgan fingerprint density at radius 1 is 1.32 bits per heavy atom. The van der Waals surface area contributed by atoms with Crippen molar-refractivity contribution in [2.75, 3.05) is 0 Å². The maximum Gasteiger partial charge on any atom is 0.407 e. The van der Waals surface area contributed by atoms with Gasteiger partial charge in [0.15, 0.2) is 0 Å². The average molecular weight is 413 g/mol. The maximum atomic E-state index is 12.0. The first-order chi connectivity index (χ1) is 10.6. The Kier molecular flexibility index (Phi) is 3.51. The monoisotopic (exact) mass is 413 g/mol. The van der Waals surface area contributed by atoms with E-state index in [1.54, 1.807) is 0 Å². The molecule has 2 aliphatic carbocycles. The van der Waals surface area contributed by atoms with Gasteiger partial charge in [-0.3, -0.25) is 4.79 Å². The van der Waals surface area contributed by atoms with Crippen LogP contribution in [0.3, 0.4) is 0 Å². The molecule has 116 valence electrons. The third-order valence-electron chi connectivity index (χ3n) is 5.02. The average Bonchev–Trinajstić information content (AvgIpc) is 3.11. The quantitative estimate of drug-likeness (QED) is 0.469. The highest BCUT2D eigenvalue weighted by Gasteiger charge is 2.66. The number of ether oxygens (including phenoxy) is 2. The number of carbonyl (C=O) groups excluding carboxylic acids is 2. The van der Waals surface area contributed by atoms with Crippen LogP contribution in [0.15, 0.2) is 30.3 Å². The van der Waals surface area contributed by atoms with Crippen molar-refractivity contribution in [3.8, 4) is 0 Å². The van der Waals surface area contributed by atoms with Crippen LogP contribution < -0.4 is 5.32 Å². The number of carbonyl (C=O) groups is 2. The van der Waals surface area contributed by atoms with Gasteiger partial charge in [0.05, 0.1) is 9.84 Å². The number of alkyl halides is 1. The smallest absolute Gasteiger partial charge is 0.407 e. The van der Waals surface area contributed by atoms with E-state index in [1.165, 1.54) is 0 Å². The number of fused-ring (bicyclic) bond motifs is 1. The summed E-state index contributed by atoms with van der Waals surface area (Å²) < 4.78 is 11.0. The third-order valence-corrected chi connectivity index (χ3v) is 6.65. The fourth-order valence-electron chi connectivity index (χ4n) is 4.07. The van der Waals surface area contributed by atoms with Crippen LogP contribution >= 0.6 is 22.6 Å². The lowest BCUT2D eigenvalue weighted by Gasteiger charge is -2.28.